The van der Waals surface area contributed by atoms with E-state index in [1.165, 1.54) is 16.5 Å². The summed E-state index contributed by atoms with van der Waals surface area (Å²) in [5, 5.41) is 10.3. The van der Waals surface area contributed by atoms with Crippen molar-refractivity contribution >= 4 is 16.9 Å². The van der Waals surface area contributed by atoms with Gasteiger partial charge in [0, 0.05) is 23.5 Å². The molecule has 18 heavy (non-hydrogen) atoms. The molecule has 0 fully saturated rings. The highest BCUT2D eigenvalue weighted by Crippen LogP contribution is 2.37. The number of aromatic nitrogens is 1. The molecular formula is C15H17NO2. The average molecular weight is 243 g/mol. The lowest BCUT2D eigenvalue weighted by atomic mass is 9.81. The number of rotatable bonds is 3. The van der Waals surface area contributed by atoms with E-state index in [4.69, 9.17) is 5.11 Å². The van der Waals surface area contributed by atoms with Crippen LogP contribution >= 0.6 is 0 Å². The van der Waals surface area contributed by atoms with Gasteiger partial charge in [-0.15, -0.1) is 0 Å². The predicted molar refractivity (Wildman–Crippen MR) is 70.9 cm³/mol. The van der Waals surface area contributed by atoms with Crippen molar-refractivity contribution in [1.82, 2.24) is 4.57 Å². The number of hydrogen-bond acceptors (Lipinski definition) is 1. The first-order chi connectivity index (χ1) is 8.49. The molecule has 1 aromatic heterocycles. The van der Waals surface area contributed by atoms with Gasteiger partial charge in [-0.1, -0.05) is 32.0 Å². The standard InChI is InChI=1S/C15H17NO2/c1-15(2,8-13(17)18)12-9-16-7-6-10-4-3-5-11(12)14(10)16/h3-5,9H,6-8H2,1-2H3,(H,17,18). The lowest BCUT2D eigenvalue weighted by Gasteiger charge is -2.22. The molecule has 94 valence electrons. The number of para-hydroxylation sites is 1. The van der Waals surface area contributed by atoms with Gasteiger partial charge >= 0.3 is 5.97 Å². The van der Waals surface area contributed by atoms with Crippen molar-refractivity contribution in [3.63, 3.8) is 0 Å². The molecule has 1 aliphatic heterocycles. The fraction of sp³-hybridized carbons (Fsp3) is 0.400. The van der Waals surface area contributed by atoms with Gasteiger partial charge in [0.25, 0.3) is 0 Å². The summed E-state index contributed by atoms with van der Waals surface area (Å²) in [4.78, 5) is 11.0. The van der Waals surface area contributed by atoms with Gasteiger partial charge in [-0.25, -0.2) is 0 Å². The fourth-order valence-electron chi connectivity index (χ4n) is 3.07. The van der Waals surface area contributed by atoms with Gasteiger partial charge in [0.2, 0.25) is 0 Å². The quantitative estimate of drug-likeness (QED) is 0.900. The normalized spacial score (nSPS) is 14.3. The van der Waals surface area contributed by atoms with Crippen molar-refractivity contribution < 1.29 is 9.90 Å². The second kappa shape index (κ2) is 3.61. The number of benzene rings is 1. The van der Waals surface area contributed by atoms with E-state index in [1.807, 2.05) is 13.8 Å². The first kappa shape index (κ1) is 11.3. The molecule has 0 atom stereocenters. The van der Waals surface area contributed by atoms with Crippen molar-refractivity contribution in [3.05, 3.63) is 35.5 Å². The Morgan fingerprint density at radius 1 is 1.44 bits per heavy atom. The molecule has 0 unspecified atom stereocenters. The molecule has 2 aromatic rings. The molecule has 3 rings (SSSR count). The van der Waals surface area contributed by atoms with Gasteiger partial charge in [-0.05, 0) is 17.5 Å². The van der Waals surface area contributed by atoms with Crippen LogP contribution in [0.4, 0.5) is 0 Å². The molecule has 0 aliphatic carbocycles. The van der Waals surface area contributed by atoms with Crippen molar-refractivity contribution in [2.75, 3.05) is 0 Å². The number of carboxylic acids is 1. The summed E-state index contributed by atoms with van der Waals surface area (Å²) in [7, 11) is 0. The first-order valence-corrected chi connectivity index (χ1v) is 6.32. The van der Waals surface area contributed by atoms with Crippen molar-refractivity contribution in [3.8, 4) is 0 Å². The van der Waals surface area contributed by atoms with E-state index in [0.29, 0.717) is 0 Å². The van der Waals surface area contributed by atoms with Crippen LogP contribution in [0, 0.1) is 0 Å². The molecule has 3 heteroatoms. The molecule has 0 saturated carbocycles. The number of hydrogen-bond donors (Lipinski definition) is 1. The van der Waals surface area contributed by atoms with Gasteiger partial charge in [-0.2, -0.15) is 0 Å². The molecule has 3 nitrogen and oxygen atoms in total. The summed E-state index contributed by atoms with van der Waals surface area (Å²) in [6.45, 7) is 5.03. The fourth-order valence-corrected chi connectivity index (χ4v) is 3.07. The van der Waals surface area contributed by atoms with Gasteiger partial charge in [-0.3, -0.25) is 4.79 Å². The summed E-state index contributed by atoms with van der Waals surface area (Å²) in [5.74, 6) is -0.742. The number of nitrogens with zero attached hydrogens (tertiary/aromatic N) is 1. The van der Waals surface area contributed by atoms with Crippen LogP contribution in [0.1, 0.15) is 31.4 Å². The van der Waals surface area contributed by atoms with Crippen LogP contribution in [0.25, 0.3) is 10.9 Å². The second-order valence-electron chi connectivity index (χ2n) is 5.75. The van der Waals surface area contributed by atoms with Gasteiger partial charge in [0.05, 0.1) is 11.9 Å². The van der Waals surface area contributed by atoms with Crippen molar-refractivity contribution in [1.29, 1.82) is 0 Å². The van der Waals surface area contributed by atoms with E-state index in [1.54, 1.807) is 0 Å². The van der Waals surface area contributed by atoms with Gasteiger partial charge in [0.1, 0.15) is 0 Å². The predicted octanol–water partition coefficient (Wildman–Crippen LogP) is 2.95. The summed E-state index contributed by atoms with van der Waals surface area (Å²) < 4.78 is 2.27. The van der Waals surface area contributed by atoms with Crippen molar-refractivity contribution in [2.45, 2.75) is 38.6 Å². The maximum absolute atomic E-state index is 11.0. The zero-order valence-corrected chi connectivity index (χ0v) is 10.7. The van der Waals surface area contributed by atoms with E-state index in [2.05, 4.69) is 29.0 Å². The van der Waals surface area contributed by atoms with E-state index in [-0.39, 0.29) is 11.8 Å². The number of aliphatic carboxylic acids is 1. The van der Waals surface area contributed by atoms with Crippen LogP contribution in [0.5, 0.6) is 0 Å². The van der Waals surface area contributed by atoms with Crippen LogP contribution in [-0.2, 0) is 23.2 Å². The summed E-state index contributed by atoms with van der Waals surface area (Å²) in [6, 6.07) is 6.35. The smallest absolute Gasteiger partial charge is 0.304 e. The Labute approximate surface area is 106 Å². The zero-order valence-electron chi connectivity index (χ0n) is 10.7. The second-order valence-corrected chi connectivity index (χ2v) is 5.75. The van der Waals surface area contributed by atoms with Crippen molar-refractivity contribution in [2.24, 2.45) is 0 Å². The third-order valence-corrected chi connectivity index (χ3v) is 3.93. The Hall–Kier alpha value is -1.77. The van der Waals surface area contributed by atoms with E-state index in [9.17, 15) is 4.79 Å². The first-order valence-electron chi connectivity index (χ1n) is 6.32. The molecule has 2 heterocycles. The lowest BCUT2D eigenvalue weighted by Crippen LogP contribution is -2.21. The Morgan fingerprint density at radius 2 is 2.22 bits per heavy atom. The highest BCUT2D eigenvalue weighted by molar-refractivity contribution is 5.89. The molecule has 0 bridgehead atoms. The molecule has 1 N–H and O–H groups in total. The Balaban J connectivity index is 2.20. The largest absolute Gasteiger partial charge is 0.481 e. The Bertz CT molecular complexity index is 637. The molecular weight excluding hydrogens is 226 g/mol. The van der Waals surface area contributed by atoms with Crippen LogP contribution in [0.15, 0.2) is 24.4 Å². The average Bonchev–Trinajstić information content (AvgIpc) is 2.83. The maximum atomic E-state index is 11.0. The summed E-state index contributed by atoms with van der Waals surface area (Å²) in [5.41, 5.74) is 3.50. The van der Waals surface area contributed by atoms with Gasteiger partial charge < -0.3 is 9.67 Å². The SMILES string of the molecule is CC(C)(CC(=O)O)c1cn2c3c(cccc13)CC2. The Kier molecular flexibility index (Phi) is 2.27. The van der Waals surface area contributed by atoms with Crippen LogP contribution < -0.4 is 0 Å². The van der Waals surface area contributed by atoms with E-state index in [0.717, 1.165) is 18.5 Å². The summed E-state index contributed by atoms with van der Waals surface area (Å²) in [6.07, 6.45) is 3.40. The molecule has 0 radical (unpaired) electrons. The number of aryl methyl sites for hydroxylation is 2. The minimum atomic E-state index is -0.742. The maximum Gasteiger partial charge on any atom is 0.304 e. The van der Waals surface area contributed by atoms with Gasteiger partial charge in [0.15, 0.2) is 0 Å². The molecule has 0 spiro atoms. The highest BCUT2D eigenvalue weighted by Gasteiger charge is 2.29. The molecule has 1 aliphatic rings. The minimum absolute atomic E-state index is 0.163. The van der Waals surface area contributed by atoms with Crippen LogP contribution in [-0.4, -0.2) is 15.6 Å². The minimum Gasteiger partial charge on any atom is -0.481 e. The molecule has 0 saturated heterocycles. The summed E-state index contributed by atoms with van der Waals surface area (Å²) >= 11 is 0. The molecule has 1 aromatic carbocycles. The number of carbonyl (C=O) groups is 1. The topological polar surface area (TPSA) is 42.2 Å². The Morgan fingerprint density at radius 3 is 2.94 bits per heavy atom. The highest BCUT2D eigenvalue weighted by atomic mass is 16.4. The lowest BCUT2D eigenvalue weighted by molar-refractivity contribution is -0.138. The zero-order chi connectivity index (χ0) is 12.9. The molecule has 0 amide bonds. The van der Waals surface area contributed by atoms with E-state index >= 15 is 0 Å². The van der Waals surface area contributed by atoms with E-state index < -0.39 is 5.97 Å². The monoisotopic (exact) mass is 243 g/mol. The third kappa shape index (κ3) is 1.54. The van der Waals surface area contributed by atoms with Crippen LogP contribution in [0.3, 0.4) is 0 Å². The third-order valence-electron chi connectivity index (χ3n) is 3.93. The number of carboxylic acid groups (broad SMARTS) is 1. The van der Waals surface area contributed by atoms with Crippen LogP contribution in [0.2, 0.25) is 0 Å².